The van der Waals surface area contributed by atoms with Gasteiger partial charge in [0, 0.05) is 17.9 Å². The second-order valence-electron chi connectivity index (χ2n) is 4.94. The number of carbonyl (C=O) groups excluding carboxylic acids is 3. The third-order valence-electron chi connectivity index (χ3n) is 2.66. The van der Waals surface area contributed by atoms with Crippen molar-refractivity contribution in [2.24, 2.45) is 5.41 Å². The van der Waals surface area contributed by atoms with E-state index in [2.05, 4.69) is 13.2 Å². The predicted octanol–water partition coefficient (Wildman–Crippen LogP) is -3.07. The molecule has 136 valence electrons. The van der Waals surface area contributed by atoms with Gasteiger partial charge in [-0.1, -0.05) is 13.2 Å². The van der Waals surface area contributed by atoms with Gasteiger partial charge in [0.2, 0.25) is 0 Å². The summed E-state index contributed by atoms with van der Waals surface area (Å²) in [6, 6.07) is 0. The molecule has 0 spiro atoms. The van der Waals surface area contributed by atoms with Crippen LogP contribution in [0.4, 0.5) is 0 Å². The van der Waals surface area contributed by atoms with E-state index >= 15 is 0 Å². The van der Waals surface area contributed by atoms with Crippen LogP contribution in [0.5, 0.6) is 0 Å². The van der Waals surface area contributed by atoms with E-state index < -0.39 is 52.4 Å². The molecule has 0 rings (SSSR count). The van der Waals surface area contributed by atoms with Gasteiger partial charge < -0.3 is 18.8 Å². The molecule has 0 aromatic rings. The molecule has 0 saturated carbocycles. The van der Waals surface area contributed by atoms with Crippen LogP contribution in [0.1, 0.15) is 13.3 Å². The Morgan fingerprint density at radius 2 is 1.48 bits per heavy atom. The second-order valence-corrected chi connectivity index (χ2v) is 6.46. The van der Waals surface area contributed by atoms with Crippen LogP contribution in [0.2, 0.25) is 0 Å². The molecule has 0 aromatic heterocycles. The van der Waals surface area contributed by atoms with Gasteiger partial charge in [-0.05, 0) is 13.3 Å². The van der Waals surface area contributed by atoms with Crippen LogP contribution in [-0.4, -0.2) is 56.5 Å². The normalized spacial score (nSPS) is 10.8. The van der Waals surface area contributed by atoms with Crippen molar-refractivity contribution in [3.63, 3.8) is 0 Å². The third-order valence-corrected chi connectivity index (χ3v) is 3.45. The SMILES string of the molecule is C=CC(=O)OCC(C)(COC(=O)C=C)C(=O)OCCCS(=O)(=O)[O-].[Na+]. The van der Waals surface area contributed by atoms with Crippen LogP contribution in [-0.2, 0) is 38.7 Å². The fourth-order valence-corrected chi connectivity index (χ4v) is 1.78. The van der Waals surface area contributed by atoms with Gasteiger partial charge in [-0.2, -0.15) is 0 Å². The van der Waals surface area contributed by atoms with Crippen molar-refractivity contribution in [2.45, 2.75) is 13.3 Å². The summed E-state index contributed by atoms with van der Waals surface area (Å²) in [4.78, 5) is 34.4. The van der Waals surface area contributed by atoms with Gasteiger partial charge in [0.25, 0.3) is 0 Å². The number of hydrogen-bond donors (Lipinski definition) is 0. The molecule has 11 heteroatoms. The summed E-state index contributed by atoms with van der Waals surface area (Å²) in [6.45, 7) is 6.48. The first-order valence-corrected chi connectivity index (χ1v) is 8.31. The Hall–Kier alpha value is -1.20. The molecular formula is C14H19NaO9S. The van der Waals surface area contributed by atoms with E-state index in [-0.39, 0.29) is 42.6 Å². The van der Waals surface area contributed by atoms with Gasteiger partial charge in [0.15, 0.2) is 0 Å². The van der Waals surface area contributed by atoms with E-state index in [1.807, 2.05) is 0 Å². The Labute approximate surface area is 168 Å². The molecule has 0 saturated heterocycles. The molecule has 0 heterocycles. The average Bonchev–Trinajstić information content (AvgIpc) is 2.52. The molecule has 0 radical (unpaired) electrons. The standard InChI is InChI=1S/C14H20O9S.Na/c1-4-11(15)22-9-14(3,10-23-12(16)5-2)13(17)21-7-6-8-24(18,19)20;/h4-5H,1-2,6-10H2,3H3,(H,18,19,20);/q;+1/p-1. The smallest absolute Gasteiger partial charge is 0.748 e. The molecule has 0 aliphatic carbocycles. The summed E-state index contributed by atoms with van der Waals surface area (Å²) >= 11 is 0. The van der Waals surface area contributed by atoms with E-state index in [1.165, 1.54) is 6.92 Å². The summed E-state index contributed by atoms with van der Waals surface area (Å²) < 4.78 is 45.8. The molecule has 0 amide bonds. The second kappa shape index (κ2) is 12.2. The Bertz CT molecular complexity index is 573. The third kappa shape index (κ3) is 11.9. The molecule has 0 atom stereocenters. The van der Waals surface area contributed by atoms with E-state index in [0.717, 1.165) is 12.2 Å². The fraction of sp³-hybridized carbons (Fsp3) is 0.500. The van der Waals surface area contributed by atoms with Crippen molar-refractivity contribution in [3.8, 4) is 0 Å². The number of esters is 3. The minimum Gasteiger partial charge on any atom is -0.748 e. The van der Waals surface area contributed by atoms with Gasteiger partial charge in [0.1, 0.15) is 18.6 Å². The van der Waals surface area contributed by atoms with Gasteiger partial charge in [-0.15, -0.1) is 0 Å². The Morgan fingerprint density at radius 3 is 1.84 bits per heavy atom. The molecular weight excluding hydrogens is 367 g/mol. The van der Waals surface area contributed by atoms with Gasteiger partial charge >= 0.3 is 47.5 Å². The topological polar surface area (TPSA) is 136 Å². The largest absolute Gasteiger partial charge is 1.00 e. The van der Waals surface area contributed by atoms with Crippen LogP contribution in [0, 0.1) is 5.41 Å². The van der Waals surface area contributed by atoms with Gasteiger partial charge in [0.05, 0.1) is 16.7 Å². The van der Waals surface area contributed by atoms with Crippen LogP contribution < -0.4 is 29.6 Å². The van der Waals surface area contributed by atoms with E-state index in [4.69, 9.17) is 14.2 Å². The molecule has 9 nitrogen and oxygen atoms in total. The summed E-state index contributed by atoms with van der Waals surface area (Å²) in [5, 5.41) is 0. The number of ether oxygens (including phenoxy) is 3. The molecule has 0 aliphatic heterocycles. The van der Waals surface area contributed by atoms with Gasteiger partial charge in [-0.3, -0.25) is 4.79 Å². The monoisotopic (exact) mass is 386 g/mol. The van der Waals surface area contributed by atoms with Crippen molar-refractivity contribution in [2.75, 3.05) is 25.6 Å². The predicted molar refractivity (Wildman–Crippen MR) is 80.6 cm³/mol. The van der Waals surface area contributed by atoms with E-state index in [0.29, 0.717) is 0 Å². The summed E-state index contributed by atoms with van der Waals surface area (Å²) in [5.74, 6) is -3.16. The maximum atomic E-state index is 12.1. The van der Waals surface area contributed by atoms with Crippen LogP contribution >= 0.6 is 0 Å². The molecule has 0 unspecified atom stereocenters. The first-order chi connectivity index (χ1) is 11.0. The van der Waals surface area contributed by atoms with Crippen molar-refractivity contribution in [1.29, 1.82) is 0 Å². The quantitative estimate of drug-likeness (QED) is 0.0905. The van der Waals surface area contributed by atoms with Gasteiger partial charge in [-0.25, -0.2) is 18.0 Å². The van der Waals surface area contributed by atoms with E-state index in [9.17, 15) is 27.4 Å². The van der Waals surface area contributed by atoms with Crippen LogP contribution in [0.25, 0.3) is 0 Å². The maximum Gasteiger partial charge on any atom is 1.00 e. The van der Waals surface area contributed by atoms with Crippen LogP contribution in [0.15, 0.2) is 25.3 Å². The minimum atomic E-state index is -4.41. The van der Waals surface area contributed by atoms with Crippen molar-refractivity contribution in [1.82, 2.24) is 0 Å². The first kappa shape index (κ1) is 26.0. The summed E-state index contributed by atoms with van der Waals surface area (Å²) in [5.41, 5.74) is -1.52. The first-order valence-electron chi connectivity index (χ1n) is 6.73. The zero-order valence-corrected chi connectivity index (χ0v) is 17.0. The van der Waals surface area contributed by atoms with Crippen molar-refractivity contribution in [3.05, 3.63) is 25.3 Å². The fourth-order valence-electron chi connectivity index (χ4n) is 1.31. The molecule has 0 N–H and O–H groups in total. The summed E-state index contributed by atoms with van der Waals surface area (Å²) in [6.07, 6.45) is 1.59. The average molecular weight is 386 g/mol. The minimum absolute atomic E-state index is 0. The molecule has 0 bridgehead atoms. The Morgan fingerprint density at radius 1 is 1.04 bits per heavy atom. The zero-order chi connectivity index (χ0) is 18.8. The number of hydrogen-bond acceptors (Lipinski definition) is 9. The summed E-state index contributed by atoms with van der Waals surface area (Å²) in [7, 11) is -4.41. The number of carbonyl (C=O) groups is 3. The molecule has 0 aliphatic rings. The van der Waals surface area contributed by atoms with Crippen LogP contribution in [0.3, 0.4) is 0 Å². The number of rotatable bonds is 11. The molecule has 25 heavy (non-hydrogen) atoms. The van der Waals surface area contributed by atoms with Crippen molar-refractivity contribution >= 4 is 28.0 Å². The Balaban J connectivity index is 0. The molecule has 0 aromatic carbocycles. The van der Waals surface area contributed by atoms with E-state index in [1.54, 1.807) is 0 Å². The molecule has 0 fully saturated rings. The maximum absolute atomic E-state index is 12.1. The van der Waals surface area contributed by atoms with Crippen molar-refractivity contribution < 1.29 is 71.1 Å². The Kier molecular flexibility index (Phi) is 12.7. The zero-order valence-electron chi connectivity index (χ0n) is 14.2.